The summed E-state index contributed by atoms with van der Waals surface area (Å²) in [5.41, 5.74) is 1.95. The Morgan fingerprint density at radius 1 is 1.27 bits per heavy atom. The summed E-state index contributed by atoms with van der Waals surface area (Å²) >= 11 is 1.59. The lowest BCUT2D eigenvalue weighted by atomic mass is 10.2. The first-order chi connectivity index (χ1) is 10.8. The van der Waals surface area contributed by atoms with Crippen molar-refractivity contribution < 1.29 is 0 Å². The van der Waals surface area contributed by atoms with Crippen LogP contribution in [-0.2, 0) is 6.42 Å². The number of hydrogen-bond donors (Lipinski definition) is 1. The van der Waals surface area contributed by atoms with Gasteiger partial charge in [-0.2, -0.15) is 0 Å². The van der Waals surface area contributed by atoms with E-state index in [0.717, 1.165) is 23.0 Å². The summed E-state index contributed by atoms with van der Waals surface area (Å²) in [6, 6.07) is 11.8. The lowest BCUT2D eigenvalue weighted by molar-refractivity contribution is 0.851. The molecule has 0 aliphatic carbocycles. The fraction of sp³-hybridized carbons (Fsp3) is 0.188. The zero-order valence-corrected chi connectivity index (χ0v) is 13.0. The fourth-order valence-electron chi connectivity index (χ4n) is 2.20. The normalized spacial score (nSPS) is 11.5. The zero-order valence-electron chi connectivity index (χ0n) is 12.2. The quantitative estimate of drug-likeness (QED) is 0.736. The number of hydrogen-bond acceptors (Lipinski definition) is 4. The van der Waals surface area contributed by atoms with Gasteiger partial charge in [0.2, 0.25) is 5.78 Å². The molecule has 0 atom stereocenters. The molecule has 0 radical (unpaired) electrons. The molecule has 0 unspecified atom stereocenters. The van der Waals surface area contributed by atoms with Crippen LogP contribution in [0.4, 0.5) is 0 Å². The molecule has 6 heteroatoms. The van der Waals surface area contributed by atoms with Gasteiger partial charge < -0.3 is 0 Å². The molecule has 1 aromatic carbocycles. The Bertz CT molecular complexity index is 851. The first-order valence-electron chi connectivity index (χ1n) is 7.09. The molecule has 0 spiro atoms. The van der Waals surface area contributed by atoms with Crippen LogP contribution >= 0.6 is 11.8 Å². The Morgan fingerprint density at radius 3 is 2.86 bits per heavy atom. The minimum Gasteiger partial charge on any atom is -0.291 e. The lowest BCUT2D eigenvalue weighted by Gasteiger charge is -2.03. The molecule has 0 saturated carbocycles. The van der Waals surface area contributed by atoms with E-state index in [-0.39, 0.29) is 5.56 Å². The minimum atomic E-state index is -0.141. The van der Waals surface area contributed by atoms with Gasteiger partial charge in [-0.15, -0.1) is 10.2 Å². The van der Waals surface area contributed by atoms with Crippen molar-refractivity contribution in [2.75, 3.05) is 5.75 Å². The molecule has 22 heavy (non-hydrogen) atoms. The van der Waals surface area contributed by atoms with E-state index in [0.29, 0.717) is 5.78 Å². The SMILES string of the molecule is CCc1cc(=O)[nH]c2nnc(SC/C=C/c3ccccc3)n12. The smallest absolute Gasteiger partial charge is 0.252 e. The number of benzene rings is 1. The van der Waals surface area contributed by atoms with Crippen LogP contribution < -0.4 is 5.56 Å². The molecule has 3 aromatic rings. The van der Waals surface area contributed by atoms with Gasteiger partial charge in [0.05, 0.1) is 0 Å². The van der Waals surface area contributed by atoms with Crippen LogP contribution in [0.3, 0.4) is 0 Å². The number of rotatable bonds is 5. The highest BCUT2D eigenvalue weighted by Crippen LogP contribution is 2.18. The maximum atomic E-state index is 11.5. The molecular formula is C16H16N4OS. The third kappa shape index (κ3) is 3.12. The van der Waals surface area contributed by atoms with Gasteiger partial charge in [0.1, 0.15) is 0 Å². The highest BCUT2D eigenvalue weighted by atomic mass is 32.2. The molecule has 2 heterocycles. The molecule has 0 aliphatic rings. The van der Waals surface area contributed by atoms with E-state index in [1.165, 1.54) is 5.56 Å². The van der Waals surface area contributed by atoms with Crippen molar-refractivity contribution >= 4 is 23.6 Å². The third-order valence-electron chi connectivity index (χ3n) is 3.23. The van der Waals surface area contributed by atoms with Crippen molar-refractivity contribution in [2.45, 2.75) is 18.5 Å². The first kappa shape index (κ1) is 14.6. The molecule has 5 nitrogen and oxygen atoms in total. The maximum absolute atomic E-state index is 11.5. The third-order valence-corrected chi connectivity index (χ3v) is 4.12. The van der Waals surface area contributed by atoms with E-state index in [4.69, 9.17) is 0 Å². The van der Waals surface area contributed by atoms with Gasteiger partial charge in [-0.1, -0.05) is 61.2 Å². The van der Waals surface area contributed by atoms with Crippen LogP contribution in [0.1, 0.15) is 18.2 Å². The van der Waals surface area contributed by atoms with E-state index in [2.05, 4.69) is 39.5 Å². The average Bonchev–Trinajstić information content (AvgIpc) is 2.94. The maximum Gasteiger partial charge on any atom is 0.252 e. The highest BCUT2D eigenvalue weighted by Gasteiger charge is 2.09. The summed E-state index contributed by atoms with van der Waals surface area (Å²) in [7, 11) is 0. The Hall–Kier alpha value is -2.34. The van der Waals surface area contributed by atoms with Gasteiger partial charge in [0.15, 0.2) is 5.16 Å². The largest absolute Gasteiger partial charge is 0.291 e. The Kier molecular flexibility index (Phi) is 4.39. The van der Waals surface area contributed by atoms with Gasteiger partial charge in [-0.05, 0) is 12.0 Å². The summed E-state index contributed by atoms with van der Waals surface area (Å²) in [5.74, 6) is 1.29. The standard InChI is InChI=1S/C16H16N4OS/c1-2-13-11-14(21)17-15-18-19-16(20(13)15)22-10-6-9-12-7-4-3-5-8-12/h3-9,11H,2,10H2,1H3,(H,17,18,21)/b9-6+. The van der Waals surface area contributed by atoms with E-state index in [9.17, 15) is 4.79 Å². The molecule has 112 valence electrons. The van der Waals surface area contributed by atoms with E-state index in [1.54, 1.807) is 17.8 Å². The predicted octanol–water partition coefficient (Wildman–Crippen LogP) is 2.79. The van der Waals surface area contributed by atoms with E-state index >= 15 is 0 Å². The number of aromatic amines is 1. The lowest BCUT2D eigenvalue weighted by Crippen LogP contribution is -2.11. The molecule has 3 rings (SSSR count). The number of nitrogens with one attached hydrogen (secondary N) is 1. The second-order valence-corrected chi connectivity index (χ2v) is 5.73. The molecule has 1 N–H and O–H groups in total. The van der Waals surface area contributed by atoms with Crippen molar-refractivity contribution in [3.05, 3.63) is 64.1 Å². The Balaban J connectivity index is 1.77. The number of fused-ring (bicyclic) bond motifs is 1. The monoisotopic (exact) mass is 312 g/mol. The zero-order chi connectivity index (χ0) is 15.4. The summed E-state index contributed by atoms with van der Waals surface area (Å²) in [5, 5.41) is 8.99. The Morgan fingerprint density at radius 2 is 2.09 bits per heavy atom. The van der Waals surface area contributed by atoms with Crippen LogP contribution in [0.5, 0.6) is 0 Å². The van der Waals surface area contributed by atoms with Crippen molar-refractivity contribution in [2.24, 2.45) is 0 Å². The average molecular weight is 312 g/mol. The minimum absolute atomic E-state index is 0.141. The summed E-state index contributed by atoms with van der Waals surface area (Å²) in [4.78, 5) is 14.2. The topological polar surface area (TPSA) is 63.0 Å². The van der Waals surface area contributed by atoms with Gasteiger partial charge in [-0.25, -0.2) is 0 Å². The van der Waals surface area contributed by atoms with Crippen molar-refractivity contribution in [1.29, 1.82) is 0 Å². The van der Waals surface area contributed by atoms with Crippen LogP contribution in [-0.4, -0.2) is 25.3 Å². The van der Waals surface area contributed by atoms with Gasteiger partial charge in [0.25, 0.3) is 5.56 Å². The number of thioether (sulfide) groups is 1. The van der Waals surface area contributed by atoms with Gasteiger partial charge in [0, 0.05) is 17.5 Å². The van der Waals surface area contributed by atoms with Crippen molar-refractivity contribution in [3.63, 3.8) is 0 Å². The number of nitrogens with zero attached hydrogens (tertiary/aromatic N) is 3. The van der Waals surface area contributed by atoms with Crippen molar-refractivity contribution in [1.82, 2.24) is 19.6 Å². The highest BCUT2D eigenvalue weighted by molar-refractivity contribution is 7.99. The van der Waals surface area contributed by atoms with Gasteiger partial charge >= 0.3 is 0 Å². The van der Waals surface area contributed by atoms with E-state index in [1.807, 2.05) is 29.5 Å². The Labute approximate surface area is 132 Å². The number of aromatic nitrogens is 4. The summed E-state index contributed by atoms with van der Waals surface area (Å²) < 4.78 is 1.91. The van der Waals surface area contributed by atoms with Crippen molar-refractivity contribution in [3.8, 4) is 0 Å². The number of H-pyrrole nitrogens is 1. The van der Waals surface area contributed by atoms with E-state index < -0.39 is 0 Å². The molecule has 0 bridgehead atoms. The number of aryl methyl sites for hydroxylation is 1. The predicted molar refractivity (Wildman–Crippen MR) is 89.2 cm³/mol. The van der Waals surface area contributed by atoms with Crippen LogP contribution in [0.2, 0.25) is 0 Å². The van der Waals surface area contributed by atoms with Crippen LogP contribution in [0, 0.1) is 0 Å². The van der Waals surface area contributed by atoms with Gasteiger partial charge in [-0.3, -0.25) is 14.2 Å². The summed E-state index contributed by atoms with van der Waals surface area (Å²) in [6.07, 6.45) is 4.93. The molecule has 0 aliphatic heterocycles. The first-order valence-corrected chi connectivity index (χ1v) is 8.08. The molecule has 0 amide bonds. The summed E-state index contributed by atoms with van der Waals surface area (Å²) in [6.45, 7) is 2.01. The molecule has 2 aromatic heterocycles. The molecule has 0 saturated heterocycles. The molecular weight excluding hydrogens is 296 g/mol. The second-order valence-electron chi connectivity index (χ2n) is 4.74. The van der Waals surface area contributed by atoms with Crippen LogP contribution in [0.15, 0.2) is 52.4 Å². The molecule has 0 fully saturated rings. The second kappa shape index (κ2) is 6.62. The van der Waals surface area contributed by atoms with Crippen LogP contribution in [0.25, 0.3) is 11.9 Å². The fourth-order valence-corrected chi connectivity index (χ4v) is 2.97.